The standard InChI is InChI=1S/C12H14N4S2/c17-11-14-10-13-6-7-15(10)12(18)16(11)8-9-4-2-1-3-5-9/h1-5,10,13H,6-8H2,(H,14,17). The molecule has 0 spiro atoms. The van der Waals surface area contributed by atoms with Crippen LogP contribution in [0.25, 0.3) is 0 Å². The SMILES string of the molecule is S=C1NC2NCCN2C(=S)N1Cc1ccccc1. The lowest BCUT2D eigenvalue weighted by Crippen LogP contribution is -2.64. The van der Waals surface area contributed by atoms with E-state index in [-0.39, 0.29) is 6.29 Å². The zero-order valence-corrected chi connectivity index (χ0v) is 11.4. The van der Waals surface area contributed by atoms with Gasteiger partial charge in [0.15, 0.2) is 16.5 Å². The van der Waals surface area contributed by atoms with E-state index in [0.29, 0.717) is 11.7 Å². The van der Waals surface area contributed by atoms with Crippen LogP contribution in [-0.4, -0.2) is 39.4 Å². The van der Waals surface area contributed by atoms with Crippen LogP contribution in [0.5, 0.6) is 0 Å². The maximum absolute atomic E-state index is 5.53. The fourth-order valence-corrected chi connectivity index (χ4v) is 2.91. The predicted molar refractivity (Wildman–Crippen MR) is 78.8 cm³/mol. The van der Waals surface area contributed by atoms with Gasteiger partial charge in [-0.2, -0.15) is 0 Å². The average molecular weight is 278 g/mol. The highest BCUT2D eigenvalue weighted by atomic mass is 32.1. The van der Waals surface area contributed by atoms with Crippen LogP contribution in [0.2, 0.25) is 0 Å². The molecule has 6 heteroatoms. The van der Waals surface area contributed by atoms with Crippen LogP contribution in [0, 0.1) is 0 Å². The highest BCUT2D eigenvalue weighted by Crippen LogP contribution is 2.16. The Hall–Kier alpha value is -1.24. The molecule has 2 saturated heterocycles. The molecule has 1 atom stereocenters. The first-order valence-electron chi connectivity index (χ1n) is 5.91. The molecule has 0 saturated carbocycles. The van der Waals surface area contributed by atoms with E-state index in [1.807, 2.05) is 23.1 Å². The van der Waals surface area contributed by atoms with Gasteiger partial charge in [0.25, 0.3) is 0 Å². The monoisotopic (exact) mass is 278 g/mol. The number of rotatable bonds is 2. The first-order chi connectivity index (χ1) is 8.75. The third-order valence-electron chi connectivity index (χ3n) is 3.17. The molecule has 2 aliphatic rings. The fourth-order valence-electron chi connectivity index (χ4n) is 2.24. The minimum absolute atomic E-state index is 0.0667. The molecule has 2 aliphatic heterocycles. The number of hydrogen-bond acceptors (Lipinski definition) is 3. The summed E-state index contributed by atoms with van der Waals surface area (Å²) in [4.78, 5) is 4.11. The van der Waals surface area contributed by atoms with Crippen molar-refractivity contribution >= 4 is 34.7 Å². The second-order valence-electron chi connectivity index (χ2n) is 4.35. The van der Waals surface area contributed by atoms with Gasteiger partial charge in [-0.3, -0.25) is 10.2 Å². The molecule has 2 heterocycles. The predicted octanol–water partition coefficient (Wildman–Crippen LogP) is 0.850. The first-order valence-corrected chi connectivity index (χ1v) is 6.73. The van der Waals surface area contributed by atoms with Gasteiger partial charge in [-0.25, -0.2) is 0 Å². The summed E-state index contributed by atoms with van der Waals surface area (Å²) in [5.41, 5.74) is 1.20. The van der Waals surface area contributed by atoms with Crippen molar-refractivity contribution in [1.29, 1.82) is 0 Å². The molecular formula is C12H14N4S2. The van der Waals surface area contributed by atoms with Crippen molar-refractivity contribution in [3.8, 4) is 0 Å². The molecule has 0 aliphatic carbocycles. The Morgan fingerprint density at radius 1 is 1.22 bits per heavy atom. The van der Waals surface area contributed by atoms with E-state index < -0.39 is 0 Å². The summed E-state index contributed by atoms with van der Waals surface area (Å²) in [5.74, 6) is 0. The summed E-state index contributed by atoms with van der Waals surface area (Å²) in [5, 5.41) is 8.08. The number of benzene rings is 1. The second kappa shape index (κ2) is 4.79. The Morgan fingerprint density at radius 2 is 2.00 bits per heavy atom. The number of nitrogens with zero attached hydrogens (tertiary/aromatic N) is 2. The van der Waals surface area contributed by atoms with Gasteiger partial charge in [-0.15, -0.1) is 0 Å². The molecule has 3 rings (SSSR count). The van der Waals surface area contributed by atoms with Crippen molar-refractivity contribution in [3.05, 3.63) is 35.9 Å². The molecule has 1 aromatic carbocycles. The number of fused-ring (bicyclic) bond motifs is 1. The second-order valence-corrected chi connectivity index (χ2v) is 5.11. The lowest BCUT2D eigenvalue weighted by molar-refractivity contribution is 0.284. The summed E-state index contributed by atoms with van der Waals surface area (Å²) in [7, 11) is 0. The minimum atomic E-state index is 0.0667. The Bertz CT molecular complexity index is 476. The molecule has 0 aromatic heterocycles. The molecule has 94 valence electrons. The van der Waals surface area contributed by atoms with Crippen LogP contribution < -0.4 is 10.6 Å². The van der Waals surface area contributed by atoms with Gasteiger partial charge in [-0.05, 0) is 30.0 Å². The molecule has 4 nitrogen and oxygen atoms in total. The van der Waals surface area contributed by atoms with Crippen LogP contribution in [0.3, 0.4) is 0 Å². The van der Waals surface area contributed by atoms with Gasteiger partial charge in [-0.1, -0.05) is 30.3 Å². The third kappa shape index (κ3) is 2.07. The summed E-state index contributed by atoms with van der Waals surface area (Å²) in [6.45, 7) is 2.57. The van der Waals surface area contributed by atoms with Gasteiger partial charge in [0.05, 0.1) is 6.54 Å². The zero-order chi connectivity index (χ0) is 12.5. The molecule has 2 fully saturated rings. The van der Waals surface area contributed by atoms with Crippen LogP contribution in [0.4, 0.5) is 0 Å². The lowest BCUT2D eigenvalue weighted by Gasteiger charge is -2.41. The fraction of sp³-hybridized carbons (Fsp3) is 0.333. The third-order valence-corrected chi connectivity index (χ3v) is 3.96. The highest BCUT2D eigenvalue weighted by molar-refractivity contribution is 7.81. The summed E-state index contributed by atoms with van der Waals surface area (Å²) in [6, 6.07) is 10.2. The minimum Gasteiger partial charge on any atom is -0.330 e. The molecule has 2 N–H and O–H groups in total. The Balaban J connectivity index is 1.79. The van der Waals surface area contributed by atoms with Gasteiger partial charge in [0.2, 0.25) is 0 Å². The topological polar surface area (TPSA) is 30.5 Å². The summed E-state index contributed by atoms with van der Waals surface area (Å²) >= 11 is 10.9. The van der Waals surface area contributed by atoms with Crippen LogP contribution in [0.15, 0.2) is 30.3 Å². The van der Waals surface area contributed by atoms with Crippen molar-refractivity contribution in [1.82, 2.24) is 20.4 Å². The Morgan fingerprint density at radius 3 is 2.78 bits per heavy atom. The van der Waals surface area contributed by atoms with Crippen LogP contribution >= 0.6 is 24.4 Å². The maximum atomic E-state index is 5.53. The Kier molecular flexibility index (Phi) is 3.15. The van der Waals surface area contributed by atoms with Crippen molar-refractivity contribution in [2.45, 2.75) is 12.8 Å². The van der Waals surface area contributed by atoms with Gasteiger partial charge >= 0.3 is 0 Å². The normalized spacial score (nSPS) is 23.0. The highest BCUT2D eigenvalue weighted by Gasteiger charge is 2.35. The first kappa shape index (κ1) is 11.8. The molecular weight excluding hydrogens is 264 g/mol. The van der Waals surface area contributed by atoms with Crippen molar-refractivity contribution in [2.24, 2.45) is 0 Å². The molecule has 0 amide bonds. The van der Waals surface area contributed by atoms with E-state index in [2.05, 4.69) is 27.7 Å². The van der Waals surface area contributed by atoms with Crippen molar-refractivity contribution in [3.63, 3.8) is 0 Å². The van der Waals surface area contributed by atoms with Gasteiger partial charge in [0, 0.05) is 13.1 Å². The van der Waals surface area contributed by atoms with E-state index in [1.165, 1.54) is 5.56 Å². The zero-order valence-electron chi connectivity index (χ0n) is 9.80. The van der Waals surface area contributed by atoms with Crippen molar-refractivity contribution < 1.29 is 0 Å². The quantitative estimate of drug-likeness (QED) is 0.780. The van der Waals surface area contributed by atoms with E-state index in [9.17, 15) is 0 Å². The van der Waals surface area contributed by atoms with Crippen LogP contribution in [0.1, 0.15) is 5.56 Å². The average Bonchev–Trinajstić information content (AvgIpc) is 2.84. The maximum Gasteiger partial charge on any atom is 0.180 e. The molecule has 1 unspecified atom stereocenters. The smallest absolute Gasteiger partial charge is 0.180 e. The summed E-state index contributed by atoms with van der Waals surface area (Å²) < 4.78 is 0. The van der Waals surface area contributed by atoms with Crippen molar-refractivity contribution in [2.75, 3.05) is 13.1 Å². The lowest BCUT2D eigenvalue weighted by atomic mass is 10.2. The van der Waals surface area contributed by atoms with Crippen LogP contribution in [-0.2, 0) is 6.54 Å². The molecule has 1 aromatic rings. The van der Waals surface area contributed by atoms with E-state index >= 15 is 0 Å². The van der Waals surface area contributed by atoms with E-state index in [0.717, 1.165) is 18.2 Å². The Labute approximate surface area is 117 Å². The van der Waals surface area contributed by atoms with Gasteiger partial charge < -0.3 is 10.2 Å². The van der Waals surface area contributed by atoms with E-state index in [1.54, 1.807) is 0 Å². The molecule has 0 bridgehead atoms. The van der Waals surface area contributed by atoms with Gasteiger partial charge in [0.1, 0.15) is 0 Å². The summed E-state index contributed by atoms with van der Waals surface area (Å²) in [6.07, 6.45) is 0.0667. The van der Waals surface area contributed by atoms with E-state index in [4.69, 9.17) is 24.4 Å². The number of nitrogens with one attached hydrogen (secondary N) is 2. The molecule has 18 heavy (non-hydrogen) atoms. The molecule has 0 radical (unpaired) electrons. The largest absolute Gasteiger partial charge is 0.330 e. The number of hydrogen-bond donors (Lipinski definition) is 2. The number of thiocarbonyl (C=S) groups is 2.